The fourth-order valence-electron chi connectivity index (χ4n) is 3.49. The van der Waals surface area contributed by atoms with Crippen molar-refractivity contribution in [2.45, 2.75) is 46.1 Å². The highest BCUT2D eigenvalue weighted by Gasteiger charge is 2.25. The van der Waals surface area contributed by atoms with Gasteiger partial charge in [0.15, 0.2) is 5.78 Å². The molecular formula is C18H21NO. The second-order valence-corrected chi connectivity index (χ2v) is 5.83. The molecule has 1 aliphatic carbocycles. The normalized spacial score (nSPS) is 16.1. The first-order valence-electron chi connectivity index (χ1n) is 7.39. The molecule has 0 radical (unpaired) electrons. The molecule has 0 bridgehead atoms. The minimum atomic E-state index is 0.283. The van der Waals surface area contributed by atoms with Crippen LogP contribution in [-0.4, -0.2) is 10.4 Å². The van der Waals surface area contributed by atoms with Crippen molar-refractivity contribution in [3.63, 3.8) is 0 Å². The van der Waals surface area contributed by atoms with E-state index in [1.54, 1.807) is 0 Å². The minimum absolute atomic E-state index is 0.283. The van der Waals surface area contributed by atoms with Crippen LogP contribution in [0.2, 0.25) is 0 Å². The Balaban J connectivity index is 2.11. The van der Waals surface area contributed by atoms with Gasteiger partial charge < -0.3 is 4.57 Å². The minimum Gasteiger partial charge on any atom is -0.341 e. The second-order valence-electron chi connectivity index (χ2n) is 5.83. The van der Waals surface area contributed by atoms with Crippen molar-refractivity contribution in [3.8, 4) is 0 Å². The molecule has 1 aliphatic rings. The molecule has 1 unspecified atom stereocenters. The highest BCUT2D eigenvalue weighted by molar-refractivity contribution is 5.98. The monoisotopic (exact) mass is 267 g/mol. The molecule has 0 fully saturated rings. The van der Waals surface area contributed by atoms with Crippen LogP contribution in [0.4, 0.5) is 0 Å². The predicted octanol–water partition coefficient (Wildman–Crippen LogP) is 4.23. The van der Waals surface area contributed by atoms with Crippen molar-refractivity contribution < 1.29 is 4.79 Å². The van der Waals surface area contributed by atoms with Gasteiger partial charge in [-0.25, -0.2) is 0 Å². The Morgan fingerprint density at radius 1 is 1.15 bits per heavy atom. The summed E-state index contributed by atoms with van der Waals surface area (Å²) < 4.78 is 2.36. The number of Topliss-reactive ketones (excluding diaryl/α,β-unsaturated/α-hetero) is 1. The van der Waals surface area contributed by atoms with Gasteiger partial charge in [-0.15, -0.1) is 0 Å². The van der Waals surface area contributed by atoms with Crippen molar-refractivity contribution >= 4 is 5.78 Å². The number of benzene rings is 1. The number of rotatable bonds is 2. The van der Waals surface area contributed by atoms with Crippen LogP contribution >= 0.6 is 0 Å². The molecule has 0 saturated carbocycles. The quantitative estimate of drug-likeness (QED) is 0.798. The van der Waals surface area contributed by atoms with Crippen LogP contribution in [0.15, 0.2) is 30.3 Å². The number of carbonyl (C=O) groups is 1. The highest BCUT2D eigenvalue weighted by Crippen LogP contribution is 2.31. The largest absolute Gasteiger partial charge is 0.341 e. The predicted molar refractivity (Wildman–Crippen MR) is 81.4 cm³/mol. The standard InChI is InChI=1S/C18H21NO/c1-12-7-4-5-8-15(12)14(3)19-13(2)11-16-17(19)9-6-10-18(16)20/h4-5,7-8,11,14H,6,9-10H2,1-3H3. The van der Waals surface area contributed by atoms with E-state index in [4.69, 9.17) is 0 Å². The molecule has 3 rings (SSSR count). The zero-order chi connectivity index (χ0) is 14.3. The Hall–Kier alpha value is -1.83. The number of hydrogen-bond acceptors (Lipinski definition) is 1. The van der Waals surface area contributed by atoms with Gasteiger partial charge in [0.2, 0.25) is 0 Å². The molecule has 20 heavy (non-hydrogen) atoms. The topological polar surface area (TPSA) is 22.0 Å². The molecule has 104 valence electrons. The Morgan fingerprint density at radius 3 is 2.65 bits per heavy atom. The Kier molecular flexibility index (Phi) is 3.25. The maximum Gasteiger partial charge on any atom is 0.164 e. The lowest BCUT2D eigenvalue weighted by atomic mass is 9.96. The molecule has 2 nitrogen and oxygen atoms in total. The maximum absolute atomic E-state index is 12.1. The van der Waals surface area contributed by atoms with Crippen LogP contribution in [0, 0.1) is 13.8 Å². The summed E-state index contributed by atoms with van der Waals surface area (Å²) >= 11 is 0. The summed E-state index contributed by atoms with van der Waals surface area (Å²) in [4.78, 5) is 12.1. The molecule has 1 aromatic heterocycles. The smallest absolute Gasteiger partial charge is 0.164 e. The summed E-state index contributed by atoms with van der Waals surface area (Å²) in [6.07, 6.45) is 2.70. The highest BCUT2D eigenvalue weighted by atomic mass is 16.1. The first kappa shape index (κ1) is 13.2. The molecule has 1 atom stereocenters. The molecule has 0 N–H and O–H groups in total. The van der Waals surface area contributed by atoms with Crippen molar-refractivity contribution in [2.75, 3.05) is 0 Å². The molecule has 2 aromatic rings. The lowest BCUT2D eigenvalue weighted by Gasteiger charge is -2.23. The third kappa shape index (κ3) is 2.00. The fourth-order valence-corrected chi connectivity index (χ4v) is 3.49. The van der Waals surface area contributed by atoms with Gasteiger partial charge in [0.05, 0.1) is 6.04 Å². The van der Waals surface area contributed by atoms with Crippen LogP contribution in [0.1, 0.15) is 58.7 Å². The lowest BCUT2D eigenvalue weighted by Crippen LogP contribution is -2.17. The number of nitrogens with zero attached hydrogens (tertiary/aromatic N) is 1. The number of carbonyl (C=O) groups excluding carboxylic acids is 1. The molecule has 1 aromatic carbocycles. The van der Waals surface area contributed by atoms with Gasteiger partial charge in [-0.2, -0.15) is 0 Å². The average Bonchev–Trinajstić information content (AvgIpc) is 2.76. The molecule has 0 saturated heterocycles. The van der Waals surface area contributed by atoms with Gasteiger partial charge in [0, 0.05) is 23.4 Å². The average molecular weight is 267 g/mol. The van der Waals surface area contributed by atoms with E-state index in [2.05, 4.69) is 55.7 Å². The summed E-state index contributed by atoms with van der Waals surface area (Å²) in [5.74, 6) is 0.310. The van der Waals surface area contributed by atoms with E-state index < -0.39 is 0 Å². The van der Waals surface area contributed by atoms with Crippen molar-refractivity contribution in [1.82, 2.24) is 4.57 Å². The van der Waals surface area contributed by atoms with Crippen molar-refractivity contribution in [2.24, 2.45) is 0 Å². The van der Waals surface area contributed by atoms with E-state index in [9.17, 15) is 4.79 Å². The summed E-state index contributed by atoms with van der Waals surface area (Å²) in [5, 5.41) is 0. The Bertz CT molecular complexity index is 666. The molecule has 1 heterocycles. The zero-order valence-corrected chi connectivity index (χ0v) is 12.4. The van der Waals surface area contributed by atoms with Gasteiger partial charge in [-0.05, 0) is 50.8 Å². The number of fused-ring (bicyclic) bond motifs is 1. The van der Waals surface area contributed by atoms with Gasteiger partial charge >= 0.3 is 0 Å². The van der Waals surface area contributed by atoms with E-state index in [1.165, 1.54) is 22.5 Å². The number of aryl methyl sites for hydroxylation is 2. The van der Waals surface area contributed by atoms with Gasteiger partial charge in [0.1, 0.15) is 0 Å². The zero-order valence-electron chi connectivity index (χ0n) is 12.4. The Labute approximate surface area is 120 Å². The maximum atomic E-state index is 12.1. The van der Waals surface area contributed by atoms with Crippen LogP contribution in [0.25, 0.3) is 0 Å². The SMILES string of the molecule is Cc1ccccc1C(C)n1c(C)cc2c1CCCC2=O. The lowest BCUT2D eigenvalue weighted by molar-refractivity contribution is 0.0971. The first-order valence-corrected chi connectivity index (χ1v) is 7.39. The van der Waals surface area contributed by atoms with E-state index >= 15 is 0 Å². The molecular weight excluding hydrogens is 246 g/mol. The number of hydrogen-bond donors (Lipinski definition) is 0. The summed E-state index contributed by atoms with van der Waals surface area (Å²) in [5.41, 5.74) is 6.03. The third-order valence-electron chi connectivity index (χ3n) is 4.48. The summed E-state index contributed by atoms with van der Waals surface area (Å²) in [6, 6.07) is 10.9. The van der Waals surface area contributed by atoms with E-state index in [0.717, 1.165) is 18.4 Å². The van der Waals surface area contributed by atoms with E-state index in [0.29, 0.717) is 12.2 Å². The van der Waals surface area contributed by atoms with Crippen LogP contribution in [0.3, 0.4) is 0 Å². The summed E-state index contributed by atoms with van der Waals surface area (Å²) in [6.45, 7) is 6.50. The number of ketones is 1. The van der Waals surface area contributed by atoms with Crippen molar-refractivity contribution in [3.05, 3.63) is 58.4 Å². The van der Waals surface area contributed by atoms with Crippen LogP contribution in [-0.2, 0) is 6.42 Å². The van der Waals surface area contributed by atoms with E-state index in [-0.39, 0.29) is 6.04 Å². The second kappa shape index (κ2) is 4.93. The third-order valence-corrected chi connectivity index (χ3v) is 4.48. The van der Waals surface area contributed by atoms with Crippen molar-refractivity contribution in [1.29, 1.82) is 0 Å². The van der Waals surface area contributed by atoms with Gasteiger partial charge in [0.25, 0.3) is 0 Å². The van der Waals surface area contributed by atoms with Crippen LogP contribution in [0.5, 0.6) is 0 Å². The van der Waals surface area contributed by atoms with E-state index in [1.807, 2.05) is 0 Å². The summed E-state index contributed by atoms with van der Waals surface area (Å²) in [7, 11) is 0. The number of aromatic nitrogens is 1. The van der Waals surface area contributed by atoms with Gasteiger partial charge in [-0.1, -0.05) is 24.3 Å². The molecule has 0 amide bonds. The van der Waals surface area contributed by atoms with Gasteiger partial charge in [-0.3, -0.25) is 4.79 Å². The fraction of sp³-hybridized carbons (Fsp3) is 0.389. The molecule has 0 aliphatic heterocycles. The molecule has 2 heteroatoms. The first-order chi connectivity index (χ1) is 9.59. The van der Waals surface area contributed by atoms with Crippen LogP contribution < -0.4 is 0 Å². The Morgan fingerprint density at radius 2 is 1.90 bits per heavy atom. The molecule has 0 spiro atoms.